The Bertz CT molecular complexity index is 1740. The van der Waals surface area contributed by atoms with Gasteiger partial charge in [0.15, 0.2) is 5.82 Å². The Morgan fingerprint density at radius 2 is 1.31 bits per heavy atom. The molecule has 0 amide bonds. The lowest BCUT2D eigenvalue weighted by Crippen LogP contribution is -2.50. The van der Waals surface area contributed by atoms with E-state index in [0.717, 1.165) is 44.4 Å². The lowest BCUT2D eigenvalue weighted by molar-refractivity contribution is 1.20. The quantitative estimate of drug-likeness (QED) is 0.250. The zero-order chi connectivity index (χ0) is 24.3. The highest BCUT2D eigenvalue weighted by Crippen LogP contribution is 2.35. The van der Waals surface area contributed by atoms with Gasteiger partial charge in [-0.1, -0.05) is 98.0 Å². The third-order valence-corrected chi connectivity index (χ3v) is 11.7. The van der Waals surface area contributed by atoms with Crippen LogP contribution in [0.25, 0.3) is 54.7 Å². The van der Waals surface area contributed by atoms with E-state index in [1.807, 2.05) is 6.07 Å². The van der Waals surface area contributed by atoms with Crippen LogP contribution in [0.1, 0.15) is 0 Å². The summed E-state index contributed by atoms with van der Waals surface area (Å²) in [4.78, 5) is 15.4. The summed E-state index contributed by atoms with van der Waals surface area (Å²) in [6.07, 6.45) is 0. The molecule has 5 heteroatoms. The van der Waals surface area contributed by atoms with E-state index in [2.05, 4.69) is 110 Å². The number of benzene rings is 4. The van der Waals surface area contributed by atoms with E-state index in [0.29, 0.717) is 0 Å². The van der Waals surface area contributed by atoms with Crippen molar-refractivity contribution in [3.05, 3.63) is 103 Å². The number of hydrogen-bond acceptors (Lipinski definition) is 4. The summed E-state index contributed by atoms with van der Waals surface area (Å²) in [5, 5.41) is 3.79. The van der Waals surface area contributed by atoms with Gasteiger partial charge >= 0.3 is 0 Å². The normalized spacial score (nSPS) is 13.5. The Hall–Kier alpha value is -3.93. The predicted octanol–water partition coefficient (Wildman–Crippen LogP) is 6.89. The number of thiazole rings is 1. The van der Waals surface area contributed by atoms with E-state index in [1.165, 1.54) is 20.6 Å². The minimum atomic E-state index is -1.95. The van der Waals surface area contributed by atoms with Crippen LogP contribution < -0.4 is 10.4 Å². The Balaban J connectivity index is 1.45. The fourth-order valence-electron chi connectivity index (χ4n) is 5.34. The second-order valence-corrected chi connectivity index (χ2v) is 15.0. The molecule has 172 valence electrons. The second-order valence-electron chi connectivity index (χ2n) is 9.72. The second kappa shape index (κ2) is 8.05. The van der Waals surface area contributed by atoms with E-state index in [1.54, 1.807) is 11.3 Å². The predicted molar refractivity (Wildman–Crippen MR) is 154 cm³/mol. The van der Waals surface area contributed by atoms with Crippen molar-refractivity contribution in [2.24, 2.45) is 0 Å². The lowest BCUT2D eigenvalue weighted by atomic mass is 10.1. The highest BCUT2D eigenvalue weighted by Gasteiger charge is 2.41. The first-order chi connectivity index (χ1) is 17.6. The SMILES string of the molecule is C[Si]1(C)c2ccccc2-c2nc(-c3cccc(-c4nc5ccccc5s4)c3)nc(-c3ccccc3)c21. The molecule has 1 aliphatic heterocycles. The van der Waals surface area contributed by atoms with Crippen LogP contribution in [0.2, 0.25) is 13.1 Å². The highest BCUT2D eigenvalue weighted by molar-refractivity contribution is 7.21. The molecule has 0 spiro atoms. The Kier molecular flexibility index (Phi) is 4.78. The van der Waals surface area contributed by atoms with Gasteiger partial charge in [0, 0.05) is 16.7 Å². The van der Waals surface area contributed by atoms with Crippen LogP contribution in [-0.2, 0) is 0 Å². The molecule has 6 aromatic rings. The van der Waals surface area contributed by atoms with Gasteiger partial charge in [-0.2, -0.15) is 0 Å². The van der Waals surface area contributed by atoms with Gasteiger partial charge in [0.25, 0.3) is 0 Å². The van der Waals surface area contributed by atoms with Crippen molar-refractivity contribution < 1.29 is 0 Å². The minimum absolute atomic E-state index is 0.761. The van der Waals surface area contributed by atoms with Crippen molar-refractivity contribution in [1.29, 1.82) is 0 Å². The van der Waals surface area contributed by atoms with Crippen LogP contribution >= 0.6 is 11.3 Å². The van der Waals surface area contributed by atoms with E-state index in [4.69, 9.17) is 15.0 Å². The molecule has 3 heterocycles. The third-order valence-electron chi connectivity index (χ3n) is 7.10. The minimum Gasteiger partial charge on any atom is -0.236 e. The molecule has 1 aliphatic rings. The summed E-state index contributed by atoms with van der Waals surface area (Å²) in [7, 11) is -1.95. The lowest BCUT2D eigenvalue weighted by Gasteiger charge is -2.21. The largest absolute Gasteiger partial charge is 0.236 e. The summed E-state index contributed by atoms with van der Waals surface area (Å²) >= 11 is 1.72. The summed E-state index contributed by atoms with van der Waals surface area (Å²) in [5.41, 5.74) is 7.70. The number of fused-ring (bicyclic) bond motifs is 4. The van der Waals surface area contributed by atoms with Gasteiger partial charge in [-0.15, -0.1) is 11.3 Å². The standard InChI is InChI=1S/C31H23N3SSi/c1-36(2)26-18-9-6-15-23(26)28-29(36)27(20-11-4-3-5-12-20)33-30(34-28)21-13-10-14-22(19-21)31-32-24-16-7-8-17-25(24)35-31/h3-19H,1-2H3. The Labute approximate surface area is 215 Å². The average Bonchev–Trinajstić information content (AvgIpc) is 3.46. The topological polar surface area (TPSA) is 38.7 Å². The van der Waals surface area contributed by atoms with Crippen molar-refractivity contribution >= 4 is 40.0 Å². The highest BCUT2D eigenvalue weighted by atomic mass is 32.1. The molecule has 4 aromatic carbocycles. The fourth-order valence-corrected chi connectivity index (χ4v) is 9.53. The van der Waals surface area contributed by atoms with Crippen molar-refractivity contribution in [3.8, 4) is 44.5 Å². The van der Waals surface area contributed by atoms with Crippen molar-refractivity contribution in [2.75, 3.05) is 0 Å². The molecule has 0 atom stereocenters. The summed E-state index contributed by atoms with van der Waals surface area (Å²) < 4.78 is 1.20. The molecule has 0 bridgehead atoms. The third kappa shape index (κ3) is 3.28. The van der Waals surface area contributed by atoms with Gasteiger partial charge in [0.2, 0.25) is 0 Å². The Morgan fingerprint density at radius 3 is 2.17 bits per heavy atom. The van der Waals surface area contributed by atoms with Crippen LogP contribution in [0.3, 0.4) is 0 Å². The van der Waals surface area contributed by atoms with Gasteiger partial charge in [-0.25, -0.2) is 15.0 Å². The van der Waals surface area contributed by atoms with Crippen molar-refractivity contribution in [1.82, 2.24) is 15.0 Å². The maximum Gasteiger partial charge on any atom is 0.160 e. The monoisotopic (exact) mass is 497 g/mol. The van der Waals surface area contributed by atoms with E-state index < -0.39 is 8.07 Å². The molecule has 0 N–H and O–H groups in total. The molecule has 7 rings (SSSR count). The molecule has 2 aromatic heterocycles. The molecule has 36 heavy (non-hydrogen) atoms. The molecule has 3 nitrogen and oxygen atoms in total. The Morgan fingerprint density at radius 1 is 0.611 bits per heavy atom. The molecule has 0 fully saturated rings. The van der Waals surface area contributed by atoms with E-state index in [-0.39, 0.29) is 0 Å². The molecule has 0 radical (unpaired) electrons. The summed E-state index contributed by atoms with van der Waals surface area (Å²) in [5.74, 6) is 0.761. The molecular formula is C31H23N3SSi. The van der Waals surface area contributed by atoms with Crippen LogP contribution in [0.5, 0.6) is 0 Å². The van der Waals surface area contributed by atoms with E-state index in [9.17, 15) is 0 Å². The first-order valence-corrected chi connectivity index (χ1v) is 16.0. The zero-order valence-electron chi connectivity index (χ0n) is 20.1. The first-order valence-electron chi connectivity index (χ1n) is 12.1. The van der Waals surface area contributed by atoms with Crippen LogP contribution in [0.15, 0.2) is 103 Å². The van der Waals surface area contributed by atoms with Crippen LogP contribution in [-0.4, -0.2) is 23.0 Å². The molecular weight excluding hydrogens is 475 g/mol. The zero-order valence-corrected chi connectivity index (χ0v) is 21.9. The van der Waals surface area contributed by atoms with Gasteiger partial charge in [0.05, 0.1) is 21.6 Å². The number of hydrogen-bond donors (Lipinski definition) is 0. The molecule has 0 saturated carbocycles. The first kappa shape index (κ1) is 21.4. The smallest absolute Gasteiger partial charge is 0.160 e. The van der Waals surface area contributed by atoms with E-state index >= 15 is 0 Å². The summed E-state index contributed by atoms with van der Waals surface area (Å²) in [6, 6.07) is 36.1. The number of aromatic nitrogens is 3. The van der Waals surface area contributed by atoms with Crippen LogP contribution in [0, 0.1) is 0 Å². The van der Waals surface area contributed by atoms with Crippen molar-refractivity contribution in [3.63, 3.8) is 0 Å². The average molecular weight is 498 g/mol. The summed E-state index contributed by atoms with van der Waals surface area (Å²) in [6.45, 7) is 4.84. The number of rotatable bonds is 3. The maximum atomic E-state index is 5.25. The molecule has 0 saturated heterocycles. The molecule has 0 aliphatic carbocycles. The number of nitrogens with zero attached hydrogens (tertiary/aromatic N) is 3. The van der Waals surface area contributed by atoms with Crippen LogP contribution in [0.4, 0.5) is 0 Å². The maximum absolute atomic E-state index is 5.25. The van der Waals surface area contributed by atoms with Gasteiger partial charge in [-0.3, -0.25) is 0 Å². The fraction of sp³-hybridized carbons (Fsp3) is 0.0645. The molecule has 0 unspecified atom stereocenters. The van der Waals surface area contributed by atoms with Gasteiger partial charge in [0.1, 0.15) is 13.1 Å². The van der Waals surface area contributed by atoms with Gasteiger partial charge < -0.3 is 0 Å². The van der Waals surface area contributed by atoms with Gasteiger partial charge in [-0.05, 0) is 34.1 Å². The number of para-hydroxylation sites is 1. The van der Waals surface area contributed by atoms with Crippen molar-refractivity contribution in [2.45, 2.75) is 13.1 Å².